The molecule has 1 aliphatic rings. The Morgan fingerprint density at radius 2 is 1.14 bits per heavy atom. The van der Waals surface area contributed by atoms with Crippen molar-refractivity contribution in [2.24, 2.45) is 0 Å². The van der Waals surface area contributed by atoms with Crippen LogP contribution in [0.2, 0.25) is 0 Å². The molecule has 5 aromatic carbocycles. The van der Waals surface area contributed by atoms with Gasteiger partial charge in [0.2, 0.25) is 0 Å². The minimum Gasteiger partial charge on any atom is -0.453 e. The van der Waals surface area contributed by atoms with E-state index in [1.807, 2.05) is 24.5 Å². The lowest BCUT2D eigenvalue weighted by molar-refractivity contribution is 0.477. The first kappa shape index (κ1) is 22.9. The first-order chi connectivity index (χ1) is 20.8. The fourth-order valence-electron chi connectivity index (χ4n) is 6.22. The monoisotopic (exact) mass is 540 g/mol. The average molecular weight is 541 g/mol. The zero-order valence-corrected chi connectivity index (χ0v) is 22.6. The van der Waals surface area contributed by atoms with E-state index in [0.717, 1.165) is 73.0 Å². The van der Waals surface area contributed by atoms with E-state index >= 15 is 0 Å². The van der Waals surface area contributed by atoms with Gasteiger partial charge < -0.3 is 14.0 Å². The standard InChI is InChI=1S/C37H24N4O/c1-3-8-25(9-4-1)27-13-16-31-35(22-27)42-36-23-28(26-10-5-2-6-11-26)14-17-32(36)41(31)29-15-18-30-34(24-29)39-20-7-12-33(39)37-38-19-21-40(30)37/h1-24H. The SMILES string of the molecule is c1ccc(-c2ccc3c(c2)Oc2cc(-c4ccccc4)ccc2N3c2ccc3c(c2)n2cccc2c2nccn32)cc1. The molecule has 0 amide bonds. The van der Waals surface area contributed by atoms with E-state index in [1.165, 1.54) is 0 Å². The molecule has 0 saturated carbocycles. The highest BCUT2D eigenvalue weighted by molar-refractivity contribution is 5.94. The Hall–Kier alpha value is -5.81. The van der Waals surface area contributed by atoms with Gasteiger partial charge in [-0.3, -0.25) is 4.40 Å². The molecule has 0 radical (unpaired) electrons. The predicted molar refractivity (Wildman–Crippen MR) is 169 cm³/mol. The number of benzene rings is 5. The summed E-state index contributed by atoms with van der Waals surface area (Å²) in [5.41, 5.74) is 11.8. The third-order valence-corrected chi connectivity index (χ3v) is 8.19. The Morgan fingerprint density at radius 1 is 0.476 bits per heavy atom. The molecule has 0 atom stereocenters. The maximum Gasteiger partial charge on any atom is 0.161 e. The van der Waals surface area contributed by atoms with E-state index in [2.05, 4.69) is 140 Å². The van der Waals surface area contributed by atoms with Crippen molar-refractivity contribution in [1.29, 1.82) is 0 Å². The van der Waals surface area contributed by atoms with Crippen LogP contribution in [0.15, 0.2) is 146 Å². The van der Waals surface area contributed by atoms with Crippen molar-refractivity contribution in [2.45, 2.75) is 0 Å². The molecule has 1 aliphatic heterocycles. The minimum atomic E-state index is 0.824. The van der Waals surface area contributed by atoms with Gasteiger partial charge in [-0.2, -0.15) is 0 Å². The van der Waals surface area contributed by atoms with Crippen LogP contribution in [0.5, 0.6) is 11.5 Å². The molecular weight excluding hydrogens is 516 g/mol. The summed E-state index contributed by atoms with van der Waals surface area (Å²) in [6.07, 6.45) is 5.99. The Labute approximate surface area is 242 Å². The van der Waals surface area contributed by atoms with E-state index in [1.54, 1.807) is 0 Å². The number of nitrogens with zero attached hydrogens (tertiary/aromatic N) is 4. The highest BCUT2D eigenvalue weighted by Crippen LogP contribution is 2.52. The normalized spacial score (nSPS) is 12.4. The van der Waals surface area contributed by atoms with Gasteiger partial charge in [0.15, 0.2) is 17.1 Å². The number of hydrogen-bond acceptors (Lipinski definition) is 3. The first-order valence-electron chi connectivity index (χ1n) is 14.0. The van der Waals surface area contributed by atoms with Crippen molar-refractivity contribution in [3.8, 4) is 33.8 Å². The highest BCUT2D eigenvalue weighted by atomic mass is 16.5. The Kier molecular flexibility index (Phi) is 4.83. The second-order valence-electron chi connectivity index (χ2n) is 10.6. The van der Waals surface area contributed by atoms with Gasteiger partial charge in [0.1, 0.15) is 0 Å². The van der Waals surface area contributed by atoms with Crippen LogP contribution in [0.4, 0.5) is 17.1 Å². The molecule has 42 heavy (non-hydrogen) atoms. The van der Waals surface area contributed by atoms with Crippen LogP contribution in [0.1, 0.15) is 0 Å². The zero-order valence-electron chi connectivity index (χ0n) is 22.6. The van der Waals surface area contributed by atoms with Gasteiger partial charge in [0.05, 0.1) is 27.9 Å². The average Bonchev–Trinajstić information content (AvgIpc) is 3.74. The number of rotatable bonds is 3. The quantitative estimate of drug-likeness (QED) is 0.224. The van der Waals surface area contributed by atoms with Crippen LogP contribution >= 0.6 is 0 Å². The fourth-order valence-corrected chi connectivity index (χ4v) is 6.22. The van der Waals surface area contributed by atoms with E-state index < -0.39 is 0 Å². The van der Waals surface area contributed by atoms with Gasteiger partial charge in [0.25, 0.3) is 0 Å². The summed E-state index contributed by atoms with van der Waals surface area (Å²) in [7, 11) is 0. The number of fused-ring (bicyclic) bond motifs is 8. The number of anilines is 3. The van der Waals surface area contributed by atoms with E-state index in [-0.39, 0.29) is 0 Å². The molecule has 5 nitrogen and oxygen atoms in total. The molecule has 198 valence electrons. The van der Waals surface area contributed by atoms with Gasteiger partial charge in [0, 0.05) is 24.3 Å². The summed E-state index contributed by atoms with van der Waals surface area (Å²) in [4.78, 5) is 6.93. The molecule has 0 N–H and O–H groups in total. The van der Waals surface area contributed by atoms with Crippen molar-refractivity contribution in [3.05, 3.63) is 146 Å². The summed E-state index contributed by atoms with van der Waals surface area (Å²) in [5, 5.41) is 0. The van der Waals surface area contributed by atoms with Crippen molar-refractivity contribution in [2.75, 3.05) is 4.90 Å². The maximum absolute atomic E-state index is 6.69. The number of ether oxygens (including phenoxy) is 1. The number of aromatic nitrogens is 3. The molecular formula is C37H24N4O. The zero-order chi connectivity index (χ0) is 27.6. The lowest BCUT2D eigenvalue weighted by atomic mass is 10.0. The molecule has 4 heterocycles. The Balaban J connectivity index is 1.27. The smallest absolute Gasteiger partial charge is 0.161 e. The molecule has 5 heteroatoms. The molecule has 9 rings (SSSR count). The third kappa shape index (κ3) is 3.40. The van der Waals surface area contributed by atoms with Gasteiger partial charge in [-0.25, -0.2) is 4.98 Å². The lowest BCUT2D eigenvalue weighted by Gasteiger charge is -2.33. The molecule has 0 fully saturated rings. The molecule has 0 aliphatic carbocycles. The molecule has 0 bridgehead atoms. The van der Waals surface area contributed by atoms with Crippen molar-refractivity contribution in [1.82, 2.24) is 13.8 Å². The summed E-state index contributed by atoms with van der Waals surface area (Å²) in [6, 6.07) is 44.7. The Bertz CT molecular complexity index is 2190. The van der Waals surface area contributed by atoms with E-state index in [4.69, 9.17) is 4.74 Å². The minimum absolute atomic E-state index is 0.824. The van der Waals surface area contributed by atoms with Gasteiger partial charge >= 0.3 is 0 Å². The summed E-state index contributed by atoms with van der Waals surface area (Å²) >= 11 is 0. The van der Waals surface area contributed by atoms with Crippen molar-refractivity contribution < 1.29 is 4.74 Å². The van der Waals surface area contributed by atoms with Crippen molar-refractivity contribution in [3.63, 3.8) is 0 Å². The van der Waals surface area contributed by atoms with Gasteiger partial charge in [-0.1, -0.05) is 72.8 Å². The summed E-state index contributed by atoms with van der Waals surface area (Å²) in [6.45, 7) is 0. The lowest BCUT2D eigenvalue weighted by Crippen LogP contribution is -2.16. The van der Waals surface area contributed by atoms with Crippen LogP contribution < -0.4 is 9.64 Å². The first-order valence-corrected chi connectivity index (χ1v) is 14.0. The Morgan fingerprint density at radius 3 is 1.81 bits per heavy atom. The van der Waals surface area contributed by atoms with Gasteiger partial charge in [-0.15, -0.1) is 0 Å². The van der Waals surface area contributed by atoms with Crippen molar-refractivity contribution >= 4 is 39.3 Å². The molecule has 0 unspecified atom stereocenters. The fraction of sp³-hybridized carbons (Fsp3) is 0. The predicted octanol–water partition coefficient (Wildman–Crippen LogP) is 9.65. The largest absolute Gasteiger partial charge is 0.453 e. The van der Waals surface area contributed by atoms with E-state index in [9.17, 15) is 0 Å². The second kappa shape index (κ2) is 8.85. The molecule has 0 spiro atoms. The number of imidazole rings is 1. The molecule has 0 saturated heterocycles. The van der Waals surface area contributed by atoms with Crippen LogP contribution in [0.3, 0.4) is 0 Å². The second-order valence-corrected chi connectivity index (χ2v) is 10.6. The topological polar surface area (TPSA) is 34.2 Å². The third-order valence-electron chi connectivity index (χ3n) is 8.19. The van der Waals surface area contributed by atoms with E-state index in [0.29, 0.717) is 0 Å². The highest BCUT2D eigenvalue weighted by Gasteiger charge is 2.27. The molecule has 3 aromatic heterocycles. The number of hydrogen-bond donors (Lipinski definition) is 0. The van der Waals surface area contributed by atoms with Crippen LogP contribution in [-0.4, -0.2) is 13.8 Å². The summed E-state index contributed by atoms with van der Waals surface area (Å²) in [5.74, 6) is 1.65. The van der Waals surface area contributed by atoms with Crippen LogP contribution in [0.25, 0.3) is 44.5 Å². The van der Waals surface area contributed by atoms with Crippen LogP contribution in [0, 0.1) is 0 Å². The summed E-state index contributed by atoms with van der Waals surface area (Å²) < 4.78 is 11.1. The van der Waals surface area contributed by atoms with Crippen LogP contribution in [-0.2, 0) is 0 Å². The molecule has 8 aromatic rings. The van der Waals surface area contributed by atoms with Gasteiger partial charge in [-0.05, 0) is 76.9 Å². The maximum atomic E-state index is 6.69.